The summed E-state index contributed by atoms with van der Waals surface area (Å²) >= 11 is 3.44. The van der Waals surface area contributed by atoms with Gasteiger partial charge in [-0.2, -0.15) is 0 Å². The SMILES string of the molecule is C[C@@H]1COC(=O)[C@](C)(Br)[C@H]1O[Si](C)(C)C. The van der Waals surface area contributed by atoms with Crippen molar-refractivity contribution >= 4 is 30.2 Å². The lowest BCUT2D eigenvalue weighted by atomic mass is 9.91. The van der Waals surface area contributed by atoms with Crippen LogP contribution in [-0.4, -0.2) is 31.3 Å². The van der Waals surface area contributed by atoms with E-state index in [1.807, 2.05) is 6.92 Å². The molecule has 1 aliphatic rings. The van der Waals surface area contributed by atoms with Crippen LogP contribution < -0.4 is 0 Å². The zero-order chi connectivity index (χ0) is 11.9. The molecule has 88 valence electrons. The van der Waals surface area contributed by atoms with Crippen molar-refractivity contribution in [1.29, 1.82) is 0 Å². The van der Waals surface area contributed by atoms with Crippen molar-refractivity contribution in [2.75, 3.05) is 6.61 Å². The summed E-state index contributed by atoms with van der Waals surface area (Å²) in [6.07, 6.45) is -0.0922. The first-order valence-electron chi connectivity index (χ1n) is 5.18. The Balaban J connectivity index is 2.86. The zero-order valence-corrected chi connectivity index (χ0v) is 12.6. The lowest BCUT2D eigenvalue weighted by Gasteiger charge is -2.42. The third-order valence-electron chi connectivity index (χ3n) is 2.41. The van der Waals surface area contributed by atoms with Gasteiger partial charge in [0.15, 0.2) is 8.32 Å². The fourth-order valence-electron chi connectivity index (χ4n) is 1.69. The van der Waals surface area contributed by atoms with Crippen molar-refractivity contribution < 1.29 is 14.0 Å². The number of esters is 1. The second-order valence-electron chi connectivity index (χ2n) is 5.30. The van der Waals surface area contributed by atoms with Gasteiger partial charge in [-0.05, 0) is 26.6 Å². The normalized spacial score (nSPS) is 37.6. The van der Waals surface area contributed by atoms with E-state index < -0.39 is 12.6 Å². The number of cyclic esters (lactones) is 1. The van der Waals surface area contributed by atoms with Gasteiger partial charge in [-0.3, -0.25) is 4.79 Å². The van der Waals surface area contributed by atoms with Crippen LogP contribution >= 0.6 is 15.9 Å². The minimum atomic E-state index is -1.64. The number of alkyl halides is 1. The molecule has 1 heterocycles. The van der Waals surface area contributed by atoms with Crippen LogP contribution in [0.25, 0.3) is 0 Å². The minimum Gasteiger partial charge on any atom is -0.464 e. The third-order valence-corrected chi connectivity index (χ3v) is 4.14. The van der Waals surface area contributed by atoms with Crippen LogP contribution in [0.3, 0.4) is 0 Å². The molecule has 0 unspecified atom stereocenters. The molecule has 1 aliphatic heterocycles. The van der Waals surface area contributed by atoms with E-state index in [0.29, 0.717) is 6.61 Å². The average molecular weight is 295 g/mol. The summed E-state index contributed by atoms with van der Waals surface area (Å²) in [6.45, 7) is 10.7. The largest absolute Gasteiger partial charge is 0.464 e. The molecule has 15 heavy (non-hydrogen) atoms. The van der Waals surface area contributed by atoms with E-state index in [-0.39, 0.29) is 18.0 Å². The Hall–Kier alpha value is 0.127. The highest BCUT2D eigenvalue weighted by Gasteiger charge is 2.49. The fraction of sp³-hybridized carbons (Fsp3) is 0.900. The van der Waals surface area contributed by atoms with Gasteiger partial charge in [0.25, 0.3) is 0 Å². The molecule has 0 bridgehead atoms. The van der Waals surface area contributed by atoms with Crippen molar-refractivity contribution in [3.63, 3.8) is 0 Å². The van der Waals surface area contributed by atoms with E-state index in [9.17, 15) is 4.79 Å². The number of ether oxygens (including phenoxy) is 1. The smallest absolute Gasteiger partial charge is 0.325 e. The molecule has 0 aromatic rings. The van der Waals surface area contributed by atoms with E-state index in [2.05, 4.69) is 42.5 Å². The van der Waals surface area contributed by atoms with Gasteiger partial charge >= 0.3 is 5.97 Å². The Morgan fingerprint density at radius 3 is 2.53 bits per heavy atom. The summed E-state index contributed by atoms with van der Waals surface area (Å²) in [7, 11) is -1.64. The van der Waals surface area contributed by atoms with E-state index in [0.717, 1.165) is 0 Å². The predicted molar refractivity (Wildman–Crippen MR) is 65.7 cm³/mol. The van der Waals surface area contributed by atoms with Gasteiger partial charge in [-0.15, -0.1) is 0 Å². The molecule has 0 saturated carbocycles. The number of halogens is 1. The monoisotopic (exact) mass is 294 g/mol. The molecule has 0 N–H and O–H groups in total. The number of carbonyl (C=O) groups is 1. The van der Waals surface area contributed by atoms with Crippen LogP contribution in [0.15, 0.2) is 0 Å². The molecule has 0 spiro atoms. The van der Waals surface area contributed by atoms with E-state index >= 15 is 0 Å². The van der Waals surface area contributed by atoms with Crippen LogP contribution in [0.1, 0.15) is 13.8 Å². The fourth-order valence-corrected chi connectivity index (χ4v) is 3.76. The molecule has 1 rings (SSSR count). The van der Waals surface area contributed by atoms with Crippen molar-refractivity contribution in [3.8, 4) is 0 Å². The number of hydrogen-bond donors (Lipinski definition) is 0. The van der Waals surface area contributed by atoms with E-state index in [1.165, 1.54) is 0 Å². The first-order chi connectivity index (χ1) is 6.64. The highest BCUT2D eigenvalue weighted by molar-refractivity contribution is 9.10. The summed E-state index contributed by atoms with van der Waals surface area (Å²) in [5.41, 5.74) is 0. The summed E-state index contributed by atoms with van der Waals surface area (Å²) in [5.74, 6) is 0.0163. The molecule has 3 atom stereocenters. The summed E-state index contributed by atoms with van der Waals surface area (Å²) in [4.78, 5) is 11.6. The Morgan fingerprint density at radius 1 is 1.53 bits per heavy atom. The van der Waals surface area contributed by atoms with Crippen LogP contribution in [0.4, 0.5) is 0 Å². The molecule has 0 aromatic heterocycles. The molecular formula is C10H19BrO3Si. The molecule has 5 heteroatoms. The lowest BCUT2D eigenvalue weighted by molar-refractivity contribution is -0.159. The van der Waals surface area contributed by atoms with Crippen LogP contribution in [0.5, 0.6) is 0 Å². The van der Waals surface area contributed by atoms with Crippen LogP contribution in [-0.2, 0) is 14.0 Å². The third kappa shape index (κ3) is 3.04. The lowest BCUT2D eigenvalue weighted by Crippen LogP contribution is -2.56. The second kappa shape index (κ2) is 4.18. The molecule has 1 saturated heterocycles. The summed E-state index contributed by atoms with van der Waals surface area (Å²) in [5, 5.41) is 0. The Kier molecular flexibility index (Phi) is 3.68. The minimum absolute atomic E-state index is 0.0922. The Labute approximate surface area is 101 Å². The molecule has 1 fully saturated rings. The first-order valence-corrected chi connectivity index (χ1v) is 9.38. The maximum atomic E-state index is 11.6. The average Bonchev–Trinajstić information content (AvgIpc) is 2.05. The van der Waals surface area contributed by atoms with Crippen LogP contribution in [0.2, 0.25) is 19.6 Å². The van der Waals surface area contributed by atoms with Crippen molar-refractivity contribution in [2.45, 2.75) is 43.9 Å². The quantitative estimate of drug-likeness (QED) is 0.446. The Morgan fingerprint density at radius 2 is 2.07 bits per heavy atom. The highest BCUT2D eigenvalue weighted by Crippen LogP contribution is 2.36. The predicted octanol–water partition coefficient (Wildman–Crippen LogP) is 2.55. The number of carbonyl (C=O) groups excluding carboxylic acids is 1. The van der Waals surface area contributed by atoms with Gasteiger partial charge in [0, 0.05) is 5.92 Å². The maximum Gasteiger partial charge on any atom is 0.325 e. The van der Waals surface area contributed by atoms with Gasteiger partial charge in [-0.25, -0.2) is 0 Å². The number of hydrogen-bond acceptors (Lipinski definition) is 3. The second-order valence-corrected chi connectivity index (χ2v) is 11.4. The van der Waals surface area contributed by atoms with Crippen molar-refractivity contribution in [1.82, 2.24) is 0 Å². The van der Waals surface area contributed by atoms with Crippen molar-refractivity contribution in [3.05, 3.63) is 0 Å². The van der Waals surface area contributed by atoms with Gasteiger partial charge in [0.2, 0.25) is 0 Å². The van der Waals surface area contributed by atoms with Crippen molar-refractivity contribution in [2.24, 2.45) is 5.92 Å². The van der Waals surface area contributed by atoms with Gasteiger partial charge in [0.1, 0.15) is 4.32 Å². The zero-order valence-electron chi connectivity index (χ0n) is 9.96. The van der Waals surface area contributed by atoms with Gasteiger partial charge in [-0.1, -0.05) is 22.9 Å². The standard InChI is InChI=1S/C10H19BrO3Si/c1-7-6-13-9(12)10(2,11)8(7)14-15(3,4)5/h7-8H,6H2,1-5H3/t7-,8+,10-/m1/s1. The van der Waals surface area contributed by atoms with E-state index in [1.54, 1.807) is 0 Å². The maximum absolute atomic E-state index is 11.6. The molecule has 0 amide bonds. The molecule has 0 aromatic carbocycles. The van der Waals surface area contributed by atoms with Crippen LogP contribution in [0, 0.1) is 5.92 Å². The molecular weight excluding hydrogens is 276 g/mol. The molecule has 3 nitrogen and oxygen atoms in total. The van der Waals surface area contributed by atoms with E-state index in [4.69, 9.17) is 9.16 Å². The highest BCUT2D eigenvalue weighted by atomic mass is 79.9. The Bertz CT molecular complexity index is 260. The van der Waals surface area contributed by atoms with Gasteiger partial charge in [0.05, 0.1) is 12.7 Å². The molecule has 0 aliphatic carbocycles. The summed E-state index contributed by atoms with van der Waals surface area (Å²) in [6, 6.07) is 0. The van der Waals surface area contributed by atoms with Gasteiger partial charge < -0.3 is 9.16 Å². The topological polar surface area (TPSA) is 35.5 Å². The first kappa shape index (κ1) is 13.2. The molecule has 0 radical (unpaired) electrons. The summed E-state index contributed by atoms with van der Waals surface area (Å²) < 4.78 is 10.5. The number of rotatable bonds is 2.